The van der Waals surface area contributed by atoms with Gasteiger partial charge in [0.2, 0.25) is 10.0 Å². The number of carbonyl (C=O) groups excluding carboxylic acids is 1. The Hall–Kier alpha value is -0.860. The van der Waals surface area contributed by atoms with E-state index in [2.05, 4.69) is 30.4 Å². The summed E-state index contributed by atoms with van der Waals surface area (Å²) >= 11 is 8.79. The fourth-order valence-electron chi connectivity index (χ4n) is 1.02. The number of hydrogen-bond acceptors (Lipinski definition) is 5. The van der Waals surface area contributed by atoms with E-state index in [1.807, 2.05) is 0 Å². The Morgan fingerprint density at radius 2 is 2.22 bits per heavy atom. The summed E-state index contributed by atoms with van der Waals surface area (Å²) in [5, 5.41) is -1.11. The van der Waals surface area contributed by atoms with Gasteiger partial charge in [-0.25, -0.2) is 13.4 Å². The minimum Gasteiger partial charge on any atom is -0.468 e. The molecule has 0 aliphatic carbocycles. The van der Waals surface area contributed by atoms with Gasteiger partial charge in [0.15, 0.2) is 5.25 Å². The fraction of sp³-hybridized carbons (Fsp3) is 0.333. The summed E-state index contributed by atoms with van der Waals surface area (Å²) in [5.74, 6) is -0.844. The summed E-state index contributed by atoms with van der Waals surface area (Å²) < 4.78 is 30.7. The lowest BCUT2D eigenvalue weighted by Crippen LogP contribution is -2.33. The van der Waals surface area contributed by atoms with Gasteiger partial charge in [0.25, 0.3) is 0 Å². The Bertz CT molecular complexity index is 564. The van der Waals surface area contributed by atoms with Gasteiger partial charge >= 0.3 is 5.97 Å². The smallest absolute Gasteiger partial charge is 0.325 e. The lowest BCUT2D eigenvalue weighted by molar-refractivity contribution is -0.139. The average Bonchev–Trinajstić information content (AvgIpc) is 2.31. The summed E-state index contributed by atoms with van der Waals surface area (Å²) in [6, 6.07) is 1.44. The van der Waals surface area contributed by atoms with Gasteiger partial charge in [-0.05, 0) is 28.9 Å². The molecular weight excluding hydrogens is 348 g/mol. The van der Waals surface area contributed by atoms with Crippen molar-refractivity contribution >= 4 is 49.2 Å². The average molecular weight is 358 g/mol. The number of rotatable bonds is 4. The first kappa shape index (κ1) is 15.2. The highest BCUT2D eigenvalue weighted by molar-refractivity contribution is 9.10. The molecule has 1 N–H and O–H groups in total. The second-order valence-corrected chi connectivity index (χ2v) is 6.52. The van der Waals surface area contributed by atoms with Gasteiger partial charge in [-0.15, -0.1) is 0 Å². The molecule has 18 heavy (non-hydrogen) atoms. The van der Waals surface area contributed by atoms with Crippen LogP contribution in [0.2, 0.25) is 5.15 Å². The molecule has 1 unspecified atom stereocenters. The van der Waals surface area contributed by atoms with E-state index in [0.29, 0.717) is 4.47 Å². The first-order valence-electron chi connectivity index (χ1n) is 4.68. The SMILES string of the molecule is COC(=O)C(C)S(=O)(=O)Nc1cnc(Cl)c(Br)c1. The molecule has 6 nitrogen and oxygen atoms in total. The number of nitrogens with one attached hydrogen (secondary N) is 1. The van der Waals surface area contributed by atoms with Gasteiger partial charge in [0.05, 0.1) is 23.5 Å². The maximum Gasteiger partial charge on any atom is 0.325 e. The van der Waals surface area contributed by atoms with Crippen LogP contribution < -0.4 is 4.72 Å². The standard InChI is InChI=1S/C9H10BrClN2O4S/c1-5(9(14)17-2)18(15,16)13-6-3-7(10)8(11)12-4-6/h3-5,13H,1-2H3. The highest BCUT2D eigenvalue weighted by Crippen LogP contribution is 2.23. The van der Waals surface area contributed by atoms with Crippen molar-refractivity contribution < 1.29 is 17.9 Å². The van der Waals surface area contributed by atoms with E-state index in [0.717, 1.165) is 7.11 Å². The predicted molar refractivity (Wildman–Crippen MR) is 71.0 cm³/mol. The molecule has 1 aromatic rings. The van der Waals surface area contributed by atoms with Crippen molar-refractivity contribution in [3.8, 4) is 0 Å². The molecule has 0 saturated carbocycles. The fourth-order valence-corrected chi connectivity index (χ4v) is 2.44. The van der Waals surface area contributed by atoms with Crippen molar-refractivity contribution in [3.63, 3.8) is 0 Å². The molecule has 0 fully saturated rings. The monoisotopic (exact) mass is 356 g/mol. The molecule has 9 heteroatoms. The van der Waals surface area contributed by atoms with Crippen LogP contribution >= 0.6 is 27.5 Å². The van der Waals surface area contributed by atoms with Crippen LogP contribution in [0.25, 0.3) is 0 Å². The summed E-state index contributed by atoms with van der Waals surface area (Å²) in [7, 11) is -2.76. The summed E-state index contributed by atoms with van der Waals surface area (Å²) in [5.41, 5.74) is 0.196. The molecule has 0 aliphatic rings. The Kier molecular flexibility index (Phi) is 4.94. The highest BCUT2D eigenvalue weighted by atomic mass is 79.9. The zero-order chi connectivity index (χ0) is 13.9. The van der Waals surface area contributed by atoms with Crippen LogP contribution in [0.1, 0.15) is 6.92 Å². The Balaban J connectivity index is 2.95. The van der Waals surface area contributed by atoms with Crippen molar-refractivity contribution in [1.82, 2.24) is 4.98 Å². The number of anilines is 1. The maximum atomic E-state index is 11.8. The van der Waals surface area contributed by atoms with E-state index in [-0.39, 0.29) is 10.8 Å². The Labute approximate surface area is 118 Å². The number of sulfonamides is 1. The molecule has 1 aromatic heterocycles. The van der Waals surface area contributed by atoms with Gasteiger partial charge in [-0.3, -0.25) is 9.52 Å². The number of ether oxygens (including phenoxy) is 1. The van der Waals surface area contributed by atoms with Crippen LogP contribution in [0.3, 0.4) is 0 Å². The summed E-state index contributed by atoms with van der Waals surface area (Å²) in [6.45, 7) is 1.23. The van der Waals surface area contributed by atoms with Crippen LogP contribution in [0, 0.1) is 0 Å². The van der Waals surface area contributed by atoms with E-state index in [1.54, 1.807) is 0 Å². The molecule has 1 atom stereocenters. The van der Waals surface area contributed by atoms with Crippen LogP contribution in [0.15, 0.2) is 16.7 Å². The third-order valence-electron chi connectivity index (χ3n) is 2.05. The van der Waals surface area contributed by atoms with Crippen LogP contribution in [-0.4, -0.2) is 31.7 Å². The normalized spacial score (nSPS) is 12.9. The number of nitrogens with zero attached hydrogens (tertiary/aromatic N) is 1. The third-order valence-corrected chi connectivity index (χ3v) is 4.83. The molecule has 1 rings (SSSR count). The largest absolute Gasteiger partial charge is 0.468 e. The third kappa shape index (κ3) is 3.56. The van der Waals surface area contributed by atoms with Gasteiger partial charge < -0.3 is 4.74 Å². The van der Waals surface area contributed by atoms with Gasteiger partial charge in [0, 0.05) is 0 Å². The number of carbonyl (C=O) groups is 1. The highest BCUT2D eigenvalue weighted by Gasteiger charge is 2.29. The number of esters is 1. The van der Waals surface area contributed by atoms with Crippen molar-refractivity contribution in [3.05, 3.63) is 21.9 Å². The molecule has 1 heterocycles. The minimum atomic E-state index is -3.88. The van der Waals surface area contributed by atoms with Gasteiger partial charge in [-0.1, -0.05) is 11.6 Å². The molecule has 0 spiro atoms. The van der Waals surface area contributed by atoms with Gasteiger partial charge in [-0.2, -0.15) is 0 Å². The summed E-state index contributed by atoms with van der Waals surface area (Å²) in [4.78, 5) is 14.9. The van der Waals surface area contributed by atoms with E-state index in [4.69, 9.17) is 11.6 Å². The number of pyridine rings is 1. The second kappa shape index (κ2) is 5.85. The topological polar surface area (TPSA) is 85.4 Å². The molecule has 0 bridgehead atoms. The van der Waals surface area contributed by atoms with Crippen LogP contribution in [0.5, 0.6) is 0 Å². The summed E-state index contributed by atoms with van der Waals surface area (Å²) in [6.07, 6.45) is 1.24. The molecule has 0 saturated heterocycles. The lowest BCUT2D eigenvalue weighted by Gasteiger charge is -2.12. The van der Waals surface area contributed by atoms with Crippen molar-refractivity contribution in [2.24, 2.45) is 0 Å². The van der Waals surface area contributed by atoms with E-state index in [1.165, 1.54) is 19.2 Å². The maximum absolute atomic E-state index is 11.8. The molecule has 0 aliphatic heterocycles. The van der Waals surface area contributed by atoms with Crippen molar-refractivity contribution in [2.75, 3.05) is 11.8 Å². The van der Waals surface area contributed by atoms with Gasteiger partial charge in [0.1, 0.15) is 5.15 Å². The predicted octanol–water partition coefficient (Wildman–Crippen LogP) is 1.80. The minimum absolute atomic E-state index is 0.196. The van der Waals surface area contributed by atoms with Crippen molar-refractivity contribution in [2.45, 2.75) is 12.2 Å². The Morgan fingerprint density at radius 3 is 2.72 bits per heavy atom. The molecule has 0 radical (unpaired) electrons. The zero-order valence-corrected chi connectivity index (χ0v) is 12.6. The number of aromatic nitrogens is 1. The van der Waals surface area contributed by atoms with E-state index >= 15 is 0 Å². The lowest BCUT2D eigenvalue weighted by atomic mass is 10.4. The van der Waals surface area contributed by atoms with E-state index < -0.39 is 21.2 Å². The van der Waals surface area contributed by atoms with E-state index in [9.17, 15) is 13.2 Å². The molecular formula is C9H10BrClN2O4S. The number of hydrogen-bond donors (Lipinski definition) is 1. The van der Waals surface area contributed by atoms with Crippen molar-refractivity contribution in [1.29, 1.82) is 0 Å². The Morgan fingerprint density at radius 1 is 1.61 bits per heavy atom. The molecule has 0 aromatic carbocycles. The number of halogens is 2. The quantitative estimate of drug-likeness (QED) is 0.656. The first-order chi connectivity index (χ1) is 8.27. The number of methoxy groups -OCH3 is 1. The molecule has 0 amide bonds. The second-order valence-electron chi connectivity index (χ2n) is 3.31. The zero-order valence-electron chi connectivity index (χ0n) is 9.48. The van der Waals surface area contributed by atoms with Crippen LogP contribution in [-0.2, 0) is 19.6 Å². The first-order valence-corrected chi connectivity index (χ1v) is 7.40. The molecule has 100 valence electrons. The van der Waals surface area contributed by atoms with Crippen LogP contribution in [0.4, 0.5) is 5.69 Å².